The van der Waals surface area contributed by atoms with Crippen LogP contribution in [0.3, 0.4) is 0 Å². The van der Waals surface area contributed by atoms with Gasteiger partial charge in [0, 0.05) is 0 Å². The maximum absolute atomic E-state index is 5.86. The Morgan fingerprint density at radius 2 is 2.07 bits per heavy atom. The SMILES string of the molecule is NC1=CCOCNN1c1ccccc1. The Morgan fingerprint density at radius 3 is 2.86 bits per heavy atom. The number of anilines is 1. The molecule has 1 aliphatic rings. The second kappa shape index (κ2) is 4.13. The van der Waals surface area contributed by atoms with E-state index in [1.165, 1.54) is 0 Å². The van der Waals surface area contributed by atoms with Crippen LogP contribution in [0.15, 0.2) is 42.2 Å². The van der Waals surface area contributed by atoms with Crippen LogP contribution in [0.4, 0.5) is 5.69 Å². The Hall–Kier alpha value is -1.52. The summed E-state index contributed by atoms with van der Waals surface area (Å²) in [6, 6.07) is 9.88. The van der Waals surface area contributed by atoms with Crippen molar-refractivity contribution >= 4 is 5.69 Å². The molecule has 0 spiro atoms. The van der Waals surface area contributed by atoms with Crippen LogP contribution in [-0.2, 0) is 4.74 Å². The van der Waals surface area contributed by atoms with Gasteiger partial charge in [-0.1, -0.05) is 18.2 Å². The smallest absolute Gasteiger partial charge is 0.116 e. The molecule has 0 amide bonds. The molecule has 1 aliphatic heterocycles. The predicted molar refractivity (Wildman–Crippen MR) is 55.1 cm³/mol. The summed E-state index contributed by atoms with van der Waals surface area (Å²) in [6.45, 7) is 1.01. The minimum absolute atomic E-state index is 0.464. The number of hydrogen-bond donors (Lipinski definition) is 2. The van der Waals surface area contributed by atoms with Crippen LogP contribution < -0.4 is 16.2 Å². The maximum atomic E-state index is 5.86. The molecule has 2 rings (SSSR count). The number of benzene rings is 1. The van der Waals surface area contributed by atoms with Gasteiger partial charge in [-0.3, -0.25) is 5.01 Å². The second-order valence-electron chi connectivity index (χ2n) is 2.97. The quantitative estimate of drug-likeness (QED) is 0.689. The van der Waals surface area contributed by atoms with E-state index in [0.717, 1.165) is 5.69 Å². The van der Waals surface area contributed by atoms with E-state index in [1.54, 1.807) is 0 Å². The minimum atomic E-state index is 0.464. The van der Waals surface area contributed by atoms with Crippen LogP contribution in [0, 0.1) is 0 Å². The van der Waals surface area contributed by atoms with Gasteiger partial charge in [0.15, 0.2) is 0 Å². The van der Waals surface area contributed by atoms with Crippen molar-refractivity contribution < 1.29 is 4.74 Å². The van der Waals surface area contributed by atoms with Crippen molar-refractivity contribution in [3.63, 3.8) is 0 Å². The van der Waals surface area contributed by atoms with Gasteiger partial charge >= 0.3 is 0 Å². The first-order valence-corrected chi connectivity index (χ1v) is 4.50. The summed E-state index contributed by atoms with van der Waals surface area (Å²) in [7, 11) is 0. The second-order valence-corrected chi connectivity index (χ2v) is 2.97. The van der Waals surface area contributed by atoms with Crippen LogP contribution in [0.2, 0.25) is 0 Å². The summed E-state index contributed by atoms with van der Waals surface area (Å²) in [5.41, 5.74) is 9.93. The highest BCUT2D eigenvalue weighted by Crippen LogP contribution is 2.14. The van der Waals surface area contributed by atoms with E-state index in [0.29, 0.717) is 19.2 Å². The third-order valence-corrected chi connectivity index (χ3v) is 2.01. The average molecular weight is 191 g/mol. The highest BCUT2D eigenvalue weighted by atomic mass is 16.5. The molecule has 14 heavy (non-hydrogen) atoms. The largest absolute Gasteiger partial charge is 0.384 e. The lowest BCUT2D eigenvalue weighted by molar-refractivity contribution is 0.148. The number of nitrogens with zero attached hydrogens (tertiary/aromatic N) is 1. The molecule has 0 atom stereocenters. The fraction of sp³-hybridized carbons (Fsp3) is 0.200. The first kappa shape index (κ1) is 9.05. The van der Waals surface area contributed by atoms with Gasteiger partial charge in [0.05, 0.1) is 12.3 Å². The van der Waals surface area contributed by atoms with E-state index < -0.39 is 0 Å². The molecular formula is C10H13N3O. The number of nitrogens with one attached hydrogen (secondary N) is 1. The van der Waals surface area contributed by atoms with E-state index in [-0.39, 0.29) is 0 Å². The summed E-state index contributed by atoms with van der Waals surface area (Å²) in [4.78, 5) is 0. The first-order valence-electron chi connectivity index (χ1n) is 4.50. The molecule has 3 N–H and O–H groups in total. The monoisotopic (exact) mass is 191 g/mol. The number of hydrogen-bond acceptors (Lipinski definition) is 4. The van der Waals surface area contributed by atoms with Crippen molar-refractivity contribution in [3.8, 4) is 0 Å². The van der Waals surface area contributed by atoms with Gasteiger partial charge in [0.25, 0.3) is 0 Å². The van der Waals surface area contributed by atoms with Crippen molar-refractivity contribution in [3.05, 3.63) is 42.2 Å². The highest BCUT2D eigenvalue weighted by Gasteiger charge is 2.10. The van der Waals surface area contributed by atoms with Crippen molar-refractivity contribution in [2.75, 3.05) is 18.3 Å². The molecule has 0 bridgehead atoms. The van der Waals surface area contributed by atoms with E-state index in [4.69, 9.17) is 10.5 Å². The van der Waals surface area contributed by atoms with Gasteiger partial charge < -0.3 is 10.5 Å². The van der Waals surface area contributed by atoms with Gasteiger partial charge in [-0.25, -0.2) is 5.43 Å². The lowest BCUT2D eigenvalue weighted by Crippen LogP contribution is -2.40. The highest BCUT2D eigenvalue weighted by molar-refractivity contribution is 5.49. The Bertz CT molecular complexity index is 323. The fourth-order valence-electron chi connectivity index (χ4n) is 1.31. The fourth-order valence-corrected chi connectivity index (χ4v) is 1.31. The molecule has 0 aromatic heterocycles. The number of nitrogens with two attached hydrogens (primary N) is 1. The standard InChI is InChI=1S/C10H13N3O/c11-10-6-7-14-8-12-13(10)9-4-2-1-3-5-9/h1-6,12H,7-8,11H2. The van der Waals surface area contributed by atoms with Gasteiger partial charge in [-0.05, 0) is 18.2 Å². The molecule has 1 aromatic rings. The zero-order valence-electron chi connectivity index (χ0n) is 7.81. The Kier molecular flexibility index (Phi) is 2.67. The summed E-state index contributed by atoms with van der Waals surface area (Å²) < 4.78 is 5.21. The Labute approximate surface area is 82.9 Å². The van der Waals surface area contributed by atoms with Crippen LogP contribution in [-0.4, -0.2) is 13.3 Å². The minimum Gasteiger partial charge on any atom is -0.384 e. The molecule has 0 saturated carbocycles. The molecule has 4 heteroatoms. The molecular weight excluding hydrogens is 178 g/mol. The lowest BCUT2D eigenvalue weighted by Gasteiger charge is -2.23. The van der Waals surface area contributed by atoms with Gasteiger partial charge in [0.1, 0.15) is 12.6 Å². The zero-order valence-corrected chi connectivity index (χ0v) is 7.81. The molecule has 1 heterocycles. The predicted octanol–water partition coefficient (Wildman–Crippen LogP) is 0.785. The Morgan fingerprint density at radius 1 is 1.29 bits per heavy atom. The van der Waals surface area contributed by atoms with Crippen LogP contribution >= 0.6 is 0 Å². The molecule has 0 saturated heterocycles. The Balaban J connectivity index is 2.24. The molecule has 4 nitrogen and oxygen atoms in total. The zero-order chi connectivity index (χ0) is 9.80. The molecule has 0 unspecified atom stereocenters. The van der Waals surface area contributed by atoms with E-state index in [9.17, 15) is 0 Å². The van der Waals surface area contributed by atoms with Crippen LogP contribution in [0.1, 0.15) is 0 Å². The topological polar surface area (TPSA) is 50.5 Å². The third-order valence-electron chi connectivity index (χ3n) is 2.01. The van der Waals surface area contributed by atoms with Crippen LogP contribution in [0.5, 0.6) is 0 Å². The first-order chi connectivity index (χ1) is 6.88. The van der Waals surface area contributed by atoms with E-state index in [2.05, 4.69) is 5.43 Å². The summed E-state index contributed by atoms with van der Waals surface area (Å²) >= 11 is 0. The van der Waals surface area contributed by atoms with E-state index >= 15 is 0 Å². The average Bonchev–Trinajstić information content (AvgIpc) is 2.44. The molecule has 0 fully saturated rings. The summed E-state index contributed by atoms with van der Waals surface area (Å²) in [5.74, 6) is 0.661. The van der Waals surface area contributed by atoms with Crippen molar-refractivity contribution in [2.45, 2.75) is 0 Å². The van der Waals surface area contributed by atoms with Crippen molar-refractivity contribution in [2.24, 2.45) is 5.73 Å². The number of hydrazine groups is 1. The summed E-state index contributed by atoms with van der Waals surface area (Å²) in [5, 5.41) is 1.81. The van der Waals surface area contributed by atoms with Gasteiger partial charge in [-0.15, -0.1) is 0 Å². The maximum Gasteiger partial charge on any atom is 0.116 e. The lowest BCUT2D eigenvalue weighted by atomic mass is 10.3. The number of rotatable bonds is 1. The van der Waals surface area contributed by atoms with Crippen molar-refractivity contribution in [1.82, 2.24) is 5.43 Å². The van der Waals surface area contributed by atoms with E-state index in [1.807, 2.05) is 41.4 Å². The molecule has 0 radical (unpaired) electrons. The van der Waals surface area contributed by atoms with Crippen molar-refractivity contribution in [1.29, 1.82) is 0 Å². The third kappa shape index (κ3) is 1.86. The van der Waals surface area contributed by atoms with Gasteiger partial charge in [0.2, 0.25) is 0 Å². The molecule has 74 valence electrons. The normalized spacial score (nSPS) is 17.4. The molecule has 0 aliphatic carbocycles. The number of para-hydroxylation sites is 1. The van der Waals surface area contributed by atoms with Crippen LogP contribution in [0.25, 0.3) is 0 Å². The number of ether oxygens (including phenoxy) is 1. The summed E-state index contributed by atoms with van der Waals surface area (Å²) in [6.07, 6.45) is 1.84. The molecule has 1 aromatic carbocycles. The van der Waals surface area contributed by atoms with Gasteiger partial charge in [-0.2, -0.15) is 0 Å².